The quantitative estimate of drug-likeness (QED) is 0.376. The van der Waals surface area contributed by atoms with E-state index in [-0.39, 0.29) is 5.16 Å². The predicted molar refractivity (Wildman–Crippen MR) is 107 cm³/mol. The Bertz CT molecular complexity index is 1130. The SMILES string of the molecule is COC(=O)C(Sc1n[nH]c(=O)n1-c1ccc(C2CC2)c2ccccc12)C(=O)OC. The second-order valence-corrected chi connectivity index (χ2v) is 7.76. The van der Waals surface area contributed by atoms with Crippen LogP contribution in [0.3, 0.4) is 0 Å². The normalized spacial score (nSPS) is 13.6. The van der Waals surface area contributed by atoms with E-state index in [1.54, 1.807) is 0 Å². The molecule has 1 aliphatic rings. The standard InChI is InChI=1S/C20H19N3O5S/c1-27-17(24)16(18(25)28-2)29-20-22-21-19(26)23(20)15-10-9-12(11-7-8-11)13-5-3-4-6-14(13)15/h3-6,9-11,16H,7-8H2,1-2H3,(H,21,26). The van der Waals surface area contributed by atoms with Crippen LogP contribution < -0.4 is 5.69 Å². The number of benzene rings is 2. The van der Waals surface area contributed by atoms with Gasteiger partial charge in [-0.05, 0) is 35.8 Å². The van der Waals surface area contributed by atoms with Crippen LogP contribution in [0, 0.1) is 0 Å². The van der Waals surface area contributed by atoms with E-state index in [0.717, 1.165) is 35.4 Å². The highest BCUT2D eigenvalue weighted by atomic mass is 32.2. The summed E-state index contributed by atoms with van der Waals surface area (Å²) >= 11 is 0.799. The van der Waals surface area contributed by atoms with Gasteiger partial charge >= 0.3 is 17.6 Å². The third-order valence-electron chi connectivity index (χ3n) is 4.89. The molecule has 0 aliphatic heterocycles. The molecule has 0 atom stereocenters. The predicted octanol–water partition coefficient (Wildman–Crippen LogP) is 2.40. The van der Waals surface area contributed by atoms with Crippen molar-refractivity contribution in [3.8, 4) is 5.69 Å². The van der Waals surface area contributed by atoms with Gasteiger partial charge in [0.05, 0.1) is 19.9 Å². The zero-order chi connectivity index (χ0) is 20.5. The summed E-state index contributed by atoms with van der Waals surface area (Å²) in [6.45, 7) is 0. The Morgan fingerprint density at radius 3 is 2.38 bits per heavy atom. The number of nitrogens with zero attached hydrogens (tertiary/aromatic N) is 2. The molecule has 0 radical (unpaired) electrons. The molecule has 8 nitrogen and oxygen atoms in total. The average molecular weight is 413 g/mol. The van der Waals surface area contributed by atoms with Gasteiger partial charge in [-0.15, -0.1) is 5.10 Å². The molecule has 1 saturated carbocycles. The van der Waals surface area contributed by atoms with E-state index in [0.29, 0.717) is 11.6 Å². The van der Waals surface area contributed by atoms with Crippen molar-refractivity contribution in [2.24, 2.45) is 0 Å². The second-order valence-electron chi connectivity index (χ2n) is 6.68. The van der Waals surface area contributed by atoms with E-state index in [2.05, 4.69) is 10.2 Å². The lowest BCUT2D eigenvalue weighted by molar-refractivity contribution is -0.150. The Balaban J connectivity index is 1.83. The highest BCUT2D eigenvalue weighted by Crippen LogP contribution is 2.44. The van der Waals surface area contributed by atoms with E-state index in [1.165, 1.54) is 24.4 Å². The van der Waals surface area contributed by atoms with Gasteiger partial charge in [0.2, 0.25) is 5.25 Å². The molecule has 4 rings (SSSR count). The van der Waals surface area contributed by atoms with Crippen LogP contribution in [0.2, 0.25) is 0 Å². The molecule has 2 aromatic carbocycles. The van der Waals surface area contributed by atoms with Crippen molar-refractivity contribution in [3.05, 3.63) is 52.4 Å². The number of hydrogen-bond acceptors (Lipinski definition) is 7. The monoisotopic (exact) mass is 413 g/mol. The molecule has 29 heavy (non-hydrogen) atoms. The number of hydrogen-bond donors (Lipinski definition) is 1. The second kappa shape index (κ2) is 7.75. The van der Waals surface area contributed by atoms with Crippen molar-refractivity contribution in [2.75, 3.05) is 14.2 Å². The van der Waals surface area contributed by atoms with Crippen molar-refractivity contribution < 1.29 is 19.1 Å². The lowest BCUT2D eigenvalue weighted by Gasteiger charge is -2.14. The van der Waals surface area contributed by atoms with Gasteiger partial charge in [-0.25, -0.2) is 14.5 Å². The number of aromatic amines is 1. The van der Waals surface area contributed by atoms with Crippen LogP contribution in [0.4, 0.5) is 0 Å². The Hall–Kier alpha value is -3.07. The van der Waals surface area contributed by atoms with Crippen LogP contribution in [-0.4, -0.2) is 46.2 Å². The Morgan fingerprint density at radius 1 is 1.10 bits per heavy atom. The number of H-pyrrole nitrogens is 1. The summed E-state index contributed by atoms with van der Waals surface area (Å²) in [6.07, 6.45) is 2.33. The van der Waals surface area contributed by atoms with Gasteiger partial charge in [-0.2, -0.15) is 0 Å². The fourth-order valence-corrected chi connectivity index (χ4v) is 4.32. The summed E-state index contributed by atoms with van der Waals surface area (Å²) in [6, 6.07) is 11.8. The maximum Gasteiger partial charge on any atom is 0.348 e. The van der Waals surface area contributed by atoms with Gasteiger partial charge in [0.25, 0.3) is 0 Å². The topological polar surface area (TPSA) is 103 Å². The highest BCUT2D eigenvalue weighted by molar-refractivity contribution is 8.01. The number of thioether (sulfide) groups is 1. The smallest absolute Gasteiger partial charge is 0.348 e. The zero-order valence-electron chi connectivity index (χ0n) is 15.9. The maximum atomic E-state index is 12.6. The largest absolute Gasteiger partial charge is 0.468 e. The Labute approximate surface area is 170 Å². The van der Waals surface area contributed by atoms with Gasteiger partial charge in [0.15, 0.2) is 5.16 Å². The van der Waals surface area contributed by atoms with Gasteiger partial charge in [-0.1, -0.05) is 42.1 Å². The number of carbonyl (C=O) groups is 2. The molecule has 0 spiro atoms. The first-order valence-electron chi connectivity index (χ1n) is 9.07. The summed E-state index contributed by atoms with van der Waals surface area (Å²) in [4.78, 5) is 36.7. The molecule has 9 heteroatoms. The first-order valence-corrected chi connectivity index (χ1v) is 9.95. The molecule has 1 N–H and O–H groups in total. The molecule has 0 amide bonds. The van der Waals surface area contributed by atoms with Crippen LogP contribution in [0.25, 0.3) is 16.5 Å². The van der Waals surface area contributed by atoms with Crippen molar-refractivity contribution in [2.45, 2.75) is 29.2 Å². The molecule has 0 bridgehead atoms. The van der Waals surface area contributed by atoms with E-state index in [9.17, 15) is 14.4 Å². The summed E-state index contributed by atoms with van der Waals surface area (Å²) < 4.78 is 10.8. The molecule has 0 unspecified atom stereocenters. The number of fused-ring (bicyclic) bond motifs is 1. The van der Waals surface area contributed by atoms with Gasteiger partial charge in [0, 0.05) is 5.39 Å². The van der Waals surface area contributed by atoms with Gasteiger partial charge < -0.3 is 9.47 Å². The third-order valence-corrected chi connectivity index (χ3v) is 5.99. The van der Waals surface area contributed by atoms with Crippen molar-refractivity contribution in [1.29, 1.82) is 0 Å². The van der Waals surface area contributed by atoms with Crippen LogP contribution in [0.1, 0.15) is 24.3 Å². The molecule has 1 fully saturated rings. The first-order chi connectivity index (χ1) is 14.0. The molecular weight excluding hydrogens is 394 g/mol. The fraction of sp³-hybridized carbons (Fsp3) is 0.300. The van der Waals surface area contributed by atoms with E-state index in [4.69, 9.17) is 9.47 Å². The molecule has 1 aliphatic carbocycles. The summed E-state index contributed by atoms with van der Waals surface area (Å²) in [5.74, 6) is -1.01. The molecule has 3 aromatic rings. The van der Waals surface area contributed by atoms with Crippen LogP contribution in [-0.2, 0) is 19.1 Å². The summed E-state index contributed by atoms with van der Waals surface area (Å²) in [5.41, 5.74) is 1.42. The van der Waals surface area contributed by atoms with Crippen LogP contribution in [0.15, 0.2) is 46.3 Å². The average Bonchev–Trinajstić information content (AvgIpc) is 3.53. The van der Waals surface area contributed by atoms with E-state index >= 15 is 0 Å². The number of nitrogens with one attached hydrogen (secondary N) is 1. The van der Waals surface area contributed by atoms with E-state index < -0.39 is 22.9 Å². The van der Waals surface area contributed by atoms with Gasteiger partial charge in [0.1, 0.15) is 0 Å². The summed E-state index contributed by atoms with van der Waals surface area (Å²) in [5, 5.41) is 7.26. The minimum Gasteiger partial charge on any atom is -0.468 e. The lowest BCUT2D eigenvalue weighted by Crippen LogP contribution is -2.30. The highest BCUT2D eigenvalue weighted by Gasteiger charge is 2.33. The van der Waals surface area contributed by atoms with E-state index in [1.807, 2.05) is 36.4 Å². The van der Waals surface area contributed by atoms with Crippen LogP contribution >= 0.6 is 11.8 Å². The lowest BCUT2D eigenvalue weighted by atomic mass is 9.99. The van der Waals surface area contributed by atoms with Crippen LogP contribution in [0.5, 0.6) is 0 Å². The zero-order valence-corrected chi connectivity index (χ0v) is 16.7. The van der Waals surface area contributed by atoms with Crippen molar-refractivity contribution >= 4 is 34.5 Å². The number of aromatic nitrogens is 3. The molecular formula is C20H19N3O5S. The number of ether oxygens (including phenoxy) is 2. The molecule has 0 saturated heterocycles. The minimum atomic E-state index is -1.30. The first kappa shape index (κ1) is 19.3. The number of esters is 2. The van der Waals surface area contributed by atoms with Gasteiger partial charge in [-0.3, -0.25) is 9.59 Å². The fourth-order valence-electron chi connectivity index (χ4n) is 3.34. The number of methoxy groups -OCH3 is 2. The number of rotatable bonds is 6. The Kier molecular flexibility index (Phi) is 5.14. The Morgan fingerprint density at radius 2 is 1.76 bits per heavy atom. The molecule has 1 heterocycles. The maximum absolute atomic E-state index is 12.6. The summed E-state index contributed by atoms with van der Waals surface area (Å²) in [7, 11) is 2.36. The minimum absolute atomic E-state index is 0.167. The number of carbonyl (C=O) groups excluding carboxylic acids is 2. The molecule has 1 aromatic heterocycles. The molecule has 150 valence electrons. The third kappa shape index (κ3) is 3.53. The van der Waals surface area contributed by atoms with Crippen molar-refractivity contribution in [3.63, 3.8) is 0 Å². The van der Waals surface area contributed by atoms with Crippen molar-refractivity contribution in [1.82, 2.24) is 14.8 Å².